The van der Waals surface area contributed by atoms with Gasteiger partial charge in [-0.05, 0) is 24.7 Å². The Kier molecular flexibility index (Phi) is 4.39. The highest BCUT2D eigenvalue weighted by Gasteiger charge is 2.25. The van der Waals surface area contributed by atoms with Crippen molar-refractivity contribution in [3.63, 3.8) is 0 Å². The van der Waals surface area contributed by atoms with Crippen LogP contribution >= 0.6 is 27.3 Å². The summed E-state index contributed by atoms with van der Waals surface area (Å²) in [4.78, 5) is 5.52. The van der Waals surface area contributed by atoms with Gasteiger partial charge in [-0.3, -0.25) is 4.98 Å². The molecule has 1 heterocycles. The van der Waals surface area contributed by atoms with Crippen molar-refractivity contribution in [1.82, 2.24) is 4.98 Å². The maximum atomic E-state index is 4.11. The van der Waals surface area contributed by atoms with E-state index in [1.54, 1.807) is 11.3 Å². The monoisotopic (exact) mass is 261 g/mol. The van der Waals surface area contributed by atoms with E-state index < -0.39 is 0 Å². The first-order valence-electron chi connectivity index (χ1n) is 4.69. The Morgan fingerprint density at radius 1 is 1.46 bits per heavy atom. The fraction of sp³-hybridized carbons (Fsp3) is 0.700. The molecule has 0 saturated carbocycles. The molecule has 0 aliphatic heterocycles. The summed E-state index contributed by atoms with van der Waals surface area (Å²) in [6.45, 7) is 4.54. The molecule has 0 aliphatic carbocycles. The summed E-state index contributed by atoms with van der Waals surface area (Å²) in [5.74, 6) is 0. The minimum absolute atomic E-state index is 0.437. The Labute approximate surface area is 92.7 Å². The van der Waals surface area contributed by atoms with Crippen molar-refractivity contribution >= 4 is 27.3 Å². The van der Waals surface area contributed by atoms with Gasteiger partial charge in [-0.25, -0.2) is 0 Å². The fourth-order valence-electron chi connectivity index (χ4n) is 1.44. The van der Waals surface area contributed by atoms with Gasteiger partial charge < -0.3 is 0 Å². The molecule has 0 saturated heterocycles. The van der Waals surface area contributed by atoms with Gasteiger partial charge in [0.05, 0.1) is 5.51 Å². The summed E-state index contributed by atoms with van der Waals surface area (Å²) >= 11 is 5.39. The Hall–Kier alpha value is 0.110. The van der Waals surface area contributed by atoms with E-state index in [0.29, 0.717) is 5.41 Å². The standard InChI is InChI=1S/C10H16BrNS/c1-3-10(4-2,7-11)5-9-6-12-8-13-9/h6,8H,3-5,7H2,1-2H3. The highest BCUT2D eigenvalue weighted by Crippen LogP contribution is 2.33. The summed E-state index contributed by atoms with van der Waals surface area (Å²) in [6, 6.07) is 0. The molecule has 0 bridgehead atoms. The molecule has 74 valence electrons. The van der Waals surface area contributed by atoms with Gasteiger partial charge in [0.25, 0.3) is 0 Å². The van der Waals surface area contributed by atoms with Crippen LogP contribution in [-0.4, -0.2) is 10.3 Å². The van der Waals surface area contributed by atoms with Crippen LogP contribution in [0.2, 0.25) is 0 Å². The van der Waals surface area contributed by atoms with Crippen LogP contribution < -0.4 is 0 Å². The van der Waals surface area contributed by atoms with Crippen LogP contribution in [0.15, 0.2) is 11.7 Å². The molecule has 3 heteroatoms. The van der Waals surface area contributed by atoms with E-state index in [-0.39, 0.29) is 0 Å². The zero-order chi connectivity index (χ0) is 9.73. The summed E-state index contributed by atoms with van der Waals surface area (Å²) in [5, 5.41) is 1.09. The number of hydrogen-bond acceptors (Lipinski definition) is 2. The lowest BCUT2D eigenvalue weighted by Crippen LogP contribution is -2.23. The molecule has 0 amide bonds. The first-order valence-corrected chi connectivity index (χ1v) is 6.70. The molecule has 0 aliphatic rings. The van der Waals surface area contributed by atoms with Gasteiger partial charge in [0.15, 0.2) is 0 Å². The van der Waals surface area contributed by atoms with E-state index in [1.807, 2.05) is 11.7 Å². The van der Waals surface area contributed by atoms with Crippen molar-refractivity contribution in [1.29, 1.82) is 0 Å². The topological polar surface area (TPSA) is 12.9 Å². The minimum Gasteiger partial charge on any atom is -0.253 e. The smallest absolute Gasteiger partial charge is 0.0794 e. The summed E-state index contributed by atoms with van der Waals surface area (Å²) < 4.78 is 0. The van der Waals surface area contributed by atoms with E-state index in [1.165, 1.54) is 17.7 Å². The van der Waals surface area contributed by atoms with Crippen molar-refractivity contribution in [2.75, 3.05) is 5.33 Å². The van der Waals surface area contributed by atoms with E-state index in [2.05, 4.69) is 34.8 Å². The minimum atomic E-state index is 0.437. The summed E-state index contributed by atoms with van der Waals surface area (Å²) in [6.07, 6.45) is 5.61. The molecule has 1 nitrogen and oxygen atoms in total. The van der Waals surface area contributed by atoms with Crippen molar-refractivity contribution in [3.05, 3.63) is 16.6 Å². The van der Waals surface area contributed by atoms with Crippen LogP contribution in [0.4, 0.5) is 0 Å². The third-order valence-corrected chi connectivity index (χ3v) is 4.79. The third kappa shape index (κ3) is 2.78. The number of aromatic nitrogens is 1. The predicted molar refractivity (Wildman–Crippen MR) is 62.6 cm³/mol. The van der Waals surface area contributed by atoms with Gasteiger partial charge in [-0.2, -0.15) is 0 Å². The van der Waals surface area contributed by atoms with Gasteiger partial charge in [0.1, 0.15) is 0 Å². The molecule has 1 aromatic rings. The Morgan fingerprint density at radius 2 is 2.15 bits per heavy atom. The van der Waals surface area contributed by atoms with Crippen molar-refractivity contribution in [2.45, 2.75) is 33.1 Å². The normalized spacial score (nSPS) is 11.9. The second-order valence-corrected chi connectivity index (χ2v) is 5.02. The van der Waals surface area contributed by atoms with Gasteiger partial charge in [-0.1, -0.05) is 29.8 Å². The van der Waals surface area contributed by atoms with Gasteiger partial charge >= 0.3 is 0 Å². The number of nitrogens with zero attached hydrogens (tertiary/aromatic N) is 1. The van der Waals surface area contributed by atoms with Crippen LogP contribution in [0.1, 0.15) is 31.6 Å². The second kappa shape index (κ2) is 5.11. The van der Waals surface area contributed by atoms with Crippen molar-refractivity contribution in [2.24, 2.45) is 5.41 Å². The number of alkyl halides is 1. The van der Waals surface area contributed by atoms with Crippen molar-refractivity contribution < 1.29 is 0 Å². The maximum Gasteiger partial charge on any atom is 0.0794 e. The lowest BCUT2D eigenvalue weighted by Gasteiger charge is -2.28. The first kappa shape index (κ1) is 11.2. The number of halogens is 1. The molecule has 0 unspecified atom stereocenters. The SMILES string of the molecule is CCC(CC)(CBr)Cc1cncs1. The Bertz CT molecular complexity index is 221. The van der Waals surface area contributed by atoms with E-state index in [4.69, 9.17) is 0 Å². The predicted octanol–water partition coefficient (Wildman–Crippen LogP) is 3.89. The zero-order valence-corrected chi connectivity index (χ0v) is 10.6. The quantitative estimate of drug-likeness (QED) is 0.734. The summed E-state index contributed by atoms with van der Waals surface area (Å²) in [7, 11) is 0. The fourth-order valence-corrected chi connectivity index (χ4v) is 3.19. The maximum absolute atomic E-state index is 4.11. The second-order valence-electron chi connectivity index (χ2n) is 3.49. The van der Waals surface area contributed by atoms with Crippen LogP contribution in [0, 0.1) is 5.41 Å². The zero-order valence-electron chi connectivity index (χ0n) is 8.22. The van der Waals surface area contributed by atoms with Crippen LogP contribution in [0.5, 0.6) is 0 Å². The molecule has 1 rings (SSSR count). The molecule has 0 aromatic carbocycles. The summed E-state index contributed by atoms with van der Waals surface area (Å²) in [5.41, 5.74) is 2.35. The molecule has 0 radical (unpaired) electrons. The van der Waals surface area contributed by atoms with Gasteiger partial charge in [0.2, 0.25) is 0 Å². The molecular weight excluding hydrogens is 246 g/mol. The van der Waals surface area contributed by atoms with Crippen molar-refractivity contribution in [3.8, 4) is 0 Å². The van der Waals surface area contributed by atoms with E-state index in [9.17, 15) is 0 Å². The highest BCUT2D eigenvalue weighted by molar-refractivity contribution is 9.09. The molecule has 0 N–H and O–H groups in total. The molecular formula is C10H16BrNS. The average Bonchev–Trinajstić information content (AvgIpc) is 2.67. The average molecular weight is 262 g/mol. The third-order valence-electron chi connectivity index (χ3n) is 2.82. The van der Waals surface area contributed by atoms with Crippen LogP contribution in [0.25, 0.3) is 0 Å². The van der Waals surface area contributed by atoms with Crippen LogP contribution in [-0.2, 0) is 6.42 Å². The largest absolute Gasteiger partial charge is 0.253 e. The van der Waals surface area contributed by atoms with Gasteiger partial charge in [-0.15, -0.1) is 11.3 Å². The molecule has 0 fully saturated rings. The lowest BCUT2D eigenvalue weighted by atomic mass is 9.81. The first-order chi connectivity index (χ1) is 6.26. The number of thiazole rings is 1. The molecule has 0 spiro atoms. The molecule has 13 heavy (non-hydrogen) atoms. The Balaban J connectivity index is 2.67. The van der Waals surface area contributed by atoms with E-state index >= 15 is 0 Å². The Morgan fingerprint density at radius 3 is 2.54 bits per heavy atom. The lowest BCUT2D eigenvalue weighted by molar-refractivity contribution is 0.309. The molecule has 1 aromatic heterocycles. The number of rotatable bonds is 5. The molecule has 0 atom stereocenters. The van der Waals surface area contributed by atoms with Gasteiger partial charge in [0, 0.05) is 16.4 Å². The highest BCUT2D eigenvalue weighted by atomic mass is 79.9. The van der Waals surface area contributed by atoms with E-state index in [0.717, 1.165) is 11.8 Å². The van der Waals surface area contributed by atoms with Crippen LogP contribution in [0.3, 0.4) is 0 Å². The number of hydrogen-bond donors (Lipinski definition) is 0.